The third kappa shape index (κ3) is 4.26. The number of hydrogen-bond acceptors (Lipinski definition) is 8. The van der Waals surface area contributed by atoms with Gasteiger partial charge in [-0.2, -0.15) is 9.78 Å². The van der Waals surface area contributed by atoms with E-state index in [0.717, 1.165) is 45.4 Å². The lowest BCUT2D eigenvalue weighted by Gasteiger charge is -2.40. The van der Waals surface area contributed by atoms with Gasteiger partial charge in [-0.25, -0.2) is 15.0 Å². The molecule has 2 aliphatic heterocycles. The molecule has 2 aliphatic rings. The topological polar surface area (TPSA) is 89.2 Å². The second-order valence-electron chi connectivity index (χ2n) is 9.90. The summed E-state index contributed by atoms with van der Waals surface area (Å²) in [7, 11) is 1.70. The van der Waals surface area contributed by atoms with Crippen molar-refractivity contribution in [3.05, 3.63) is 114 Å². The van der Waals surface area contributed by atoms with E-state index in [1.807, 2.05) is 97.4 Å². The number of fused-ring (bicyclic) bond motifs is 4. The summed E-state index contributed by atoms with van der Waals surface area (Å²) in [6.07, 6.45) is 1.76. The van der Waals surface area contributed by atoms with Crippen LogP contribution in [0.4, 0.5) is 22.9 Å². The van der Waals surface area contributed by atoms with Crippen LogP contribution in [0, 0.1) is 6.92 Å². The summed E-state index contributed by atoms with van der Waals surface area (Å²) in [6, 6.07) is 29.5. The molecule has 5 aromatic rings. The standard InChI is InChI=1S/C33H29N7O2/c1-4-42-23-18-16-22(17-19-23)35-31-33-37-32-29(21(2)38-40(32)28-15-9-10-20-34-28)30(24-11-5-8-14-27(24)41-3)39(33)26-13-7-6-12-25(26)36-31/h5-20,30H,4H2,1-3H3,(H,35,36)/t30-/m0/s1. The second-order valence-corrected chi connectivity index (χ2v) is 9.90. The summed E-state index contributed by atoms with van der Waals surface area (Å²) >= 11 is 0. The lowest BCUT2D eigenvalue weighted by molar-refractivity contribution is 0.340. The highest BCUT2D eigenvalue weighted by atomic mass is 16.5. The molecule has 0 unspecified atom stereocenters. The first kappa shape index (κ1) is 25.5. The number of hydrogen-bond donors (Lipinski definition) is 1. The van der Waals surface area contributed by atoms with E-state index in [2.05, 4.69) is 27.3 Å². The number of pyridine rings is 1. The van der Waals surface area contributed by atoms with Crippen LogP contribution in [0.3, 0.4) is 0 Å². The minimum atomic E-state index is -0.296. The van der Waals surface area contributed by atoms with Gasteiger partial charge in [-0.3, -0.25) is 0 Å². The van der Waals surface area contributed by atoms with E-state index < -0.39 is 0 Å². The van der Waals surface area contributed by atoms with Gasteiger partial charge < -0.3 is 19.7 Å². The molecule has 0 fully saturated rings. The molecule has 0 aliphatic carbocycles. The van der Waals surface area contributed by atoms with Gasteiger partial charge in [0.05, 0.1) is 36.8 Å². The molecule has 0 amide bonds. The SMILES string of the molecule is CCOc1ccc(NC2=Nc3ccccc3N3C2=Nc2c(c(C)nn2-c2ccccn2)[C@@H]3c2ccccc2OC)cc1. The minimum absolute atomic E-state index is 0.296. The Morgan fingerprint density at radius 3 is 2.45 bits per heavy atom. The van der Waals surface area contributed by atoms with Gasteiger partial charge in [0.15, 0.2) is 23.3 Å². The maximum absolute atomic E-state index is 5.90. The highest BCUT2D eigenvalue weighted by Gasteiger charge is 2.42. The van der Waals surface area contributed by atoms with Gasteiger partial charge in [-0.15, -0.1) is 0 Å². The fraction of sp³-hybridized carbons (Fsp3) is 0.152. The zero-order chi connectivity index (χ0) is 28.6. The van der Waals surface area contributed by atoms with Gasteiger partial charge in [0, 0.05) is 23.0 Å². The monoisotopic (exact) mass is 555 g/mol. The molecule has 1 atom stereocenters. The van der Waals surface area contributed by atoms with Gasteiger partial charge in [-0.1, -0.05) is 36.4 Å². The zero-order valence-electron chi connectivity index (χ0n) is 23.5. The Kier molecular flexibility index (Phi) is 6.39. The van der Waals surface area contributed by atoms with Crippen molar-refractivity contribution in [1.29, 1.82) is 0 Å². The van der Waals surface area contributed by atoms with Crippen molar-refractivity contribution in [3.8, 4) is 17.3 Å². The third-order valence-corrected chi connectivity index (χ3v) is 7.37. The molecule has 0 bridgehead atoms. The largest absolute Gasteiger partial charge is 0.496 e. The normalized spacial score (nSPS) is 15.1. The number of methoxy groups -OCH3 is 1. The number of rotatable bonds is 6. The van der Waals surface area contributed by atoms with Crippen molar-refractivity contribution in [2.75, 3.05) is 23.9 Å². The zero-order valence-corrected chi connectivity index (χ0v) is 23.5. The van der Waals surface area contributed by atoms with Crippen LogP contribution < -0.4 is 19.7 Å². The molecule has 3 aromatic carbocycles. The number of anilines is 2. The van der Waals surface area contributed by atoms with Gasteiger partial charge in [-0.05, 0) is 68.4 Å². The second kappa shape index (κ2) is 10.5. The average Bonchev–Trinajstić information content (AvgIpc) is 3.37. The summed E-state index contributed by atoms with van der Waals surface area (Å²) < 4.78 is 13.4. The number of amidine groups is 2. The average molecular weight is 556 g/mol. The molecule has 0 radical (unpaired) electrons. The number of nitrogens with zero attached hydrogens (tertiary/aromatic N) is 6. The first-order chi connectivity index (χ1) is 20.7. The van der Waals surface area contributed by atoms with Crippen LogP contribution in [0.15, 0.2) is 107 Å². The Balaban J connectivity index is 1.46. The predicted molar refractivity (Wildman–Crippen MR) is 165 cm³/mol. The molecule has 1 N–H and O–H groups in total. The van der Waals surface area contributed by atoms with Gasteiger partial charge >= 0.3 is 0 Å². The van der Waals surface area contributed by atoms with Gasteiger partial charge in [0.1, 0.15) is 11.5 Å². The van der Waals surface area contributed by atoms with Gasteiger partial charge in [0.25, 0.3) is 0 Å². The van der Waals surface area contributed by atoms with E-state index in [1.165, 1.54) is 0 Å². The predicted octanol–water partition coefficient (Wildman–Crippen LogP) is 6.78. The first-order valence-electron chi connectivity index (χ1n) is 13.9. The highest BCUT2D eigenvalue weighted by molar-refractivity contribution is 6.51. The van der Waals surface area contributed by atoms with Crippen molar-refractivity contribution < 1.29 is 9.47 Å². The number of benzene rings is 3. The smallest absolute Gasteiger partial charge is 0.179 e. The van der Waals surface area contributed by atoms with E-state index >= 15 is 0 Å². The van der Waals surface area contributed by atoms with E-state index in [9.17, 15) is 0 Å². The molecule has 0 saturated heterocycles. The maximum Gasteiger partial charge on any atom is 0.179 e. The molecule has 9 nitrogen and oxygen atoms in total. The van der Waals surface area contributed by atoms with Crippen LogP contribution >= 0.6 is 0 Å². The van der Waals surface area contributed by atoms with Crippen molar-refractivity contribution in [2.24, 2.45) is 9.98 Å². The highest BCUT2D eigenvalue weighted by Crippen LogP contribution is 2.49. The molecule has 2 aromatic heterocycles. The van der Waals surface area contributed by atoms with Crippen molar-refractivity contribution in [2.45, 2.75) is 19.9 Å². The molecule has 7 rings (SSSR count). The number of aryl methyl sites for hydroxylation is 1. The van der Waals surface area contributed by atoms with Crippen LogP contribution in [0.1, 0.15) is 29.8 Å². The Bertz CT molecular complexity index is 1830. The molecule has 0 spiro atoms. The quantitative estimate of drug-likeness (QED) is 0.249. The van der Waals surface area contributed by atoms with E-state index in [4.69, 9.17) is 24.6 Å². The summed E-state index contributed by atoms with van der Waals surface area (Å²) in [4.78, 5) is 17.1. The van der Waals surface area contributed by atoms with Crippen molar-refractivity contribution in [3.63, 3.8) is 0 Å². The lowest BCUT2D eigenvalue weighted by atomic mass is 9.92. The van der Waals surface area contributed by atoms with Crippen LogP contribution in [0.25, 0.3) is 5.82 Å². The number of ether oxygens (including phenoxy) is 2. The molecule has 4 heterocycles. The van der Waals surface area contributed by atoms with Crippen LogP contribution in [0.5, 0.6) is 11.5 Å². The fourth-order valence-electron chi connectivity index (χ4n) is 5.56. The van der Waals surface area contributed by atoms with Crippen LogP contribution in [-0.2, 0) is 0 Å². The Morgan fingerprint density at radius 1 is 0.881 bits per heavy atom. The van der Waals surface area contributed by atoms with E-state index in [0.29, 0.717) is 29.9 Å². The number of para-hydroxylation sites is 3. The molecular formula is C33H29N7O2. The number of nitrogens with one attached hydrogen (secondary N) is 1. The molecular weight excluding hydrogens is 526 g/mol. The van der Waals surface area contributed by atoms with Crippen LogP contribution in [-0.4, -0.2) is 40.2 Å². The maximum atomic E-state index is 5.90. The molecule has 208 valence electrons. The fourth-order valence-corrected chi connectivity index (χ4v) is 5.56. The third-order valence-electron chi connectivity index (χ3n) is 7.37. The van der Waals surface area contributed by atoms with E-state index in [1.54, 1.807) is 13.3 Å². The lowest BCUT2D eigenvalue weighted by Crippen LogP contribution is -2.46. The summed E-state index contributed by atoms with van der Waals surface area (Å²) in [5.41, 5.74) is 5.48. The minimum Gasteiger partial charge on any atom is -0.496 e. The molecule has 0 saturated carbocycles. The Morgan fingerprint density at radius 2 is 1.67 bits per heavy atom. The van der Waals surface area contributed by atoms with Crippen molar-refractivity contribution >= 4 is 34.6 Å². The van der Waals surface area contributed by atoms with E-state index in [-0.39, 0.29) is 6.04 Å². The number of aromatic nitrogens is 3. The Labute approximate surface area is 243 Å². The molecule has 42 heavy (non-hydrogen) atoms. The summed E-state index contributed by atoms with van der Waals surface area (Å²) in [5, 5.41) is 8.48. The summed E-state index contributed by atoms with van der Waals surface area (Å²) in [6.45, 7) is 4.60. The van der Waals surface area contributed by atoms with Crippen molar-refractivity contribution in [1.82, 2.24) is 14.8 Å². The van der Waals surface area contributed by atoms with Gasteiger partial charge in [0.2, 0.25) is 0 Å². The Hall–Kier alpha value is -5.44. The summed E-state index contributed by atoms with van der Waals surface area (Å²) in [5.74, 6) is 4.27. The van der Waals surface area contributed by atoms with Crippen LogP contribution in [0.2, 0.25) is 0 Å². The first-order valence-corrected chi connectivity index (χ1v) is 13.9. The number of aliphatic imine (C=N–C) groups is 2. The molecule has 9 heteroatoms.